The van der Waals surface area contributed by atoms with E-state index in [1.165, 1.54) is 12.1 Å². The van der Waals surface area contributed by atoms with E-state index in [4.69, 9.17) is 15.4 Å². The minimum Gasteiger partial charge on any atom is -0.491 e. The molecule has 15 heavy (non-hydrogen) atoms. The summed E-state index contributed by atoms with van der Waals surface area (Å²) in [4.78, 5) is 0.0952. The van der Waals surface area contributed by atoms with Crippen LogP contribution in [0.3, 0.4) is 0 Å². The van der Waals surface area contributed by atoms with Crippen LogP contribution in [0.5, 0.6) is 5.75 Å². The maximum atomic E-state index is 11.0. The fourth-order valence-electron chi connectivity index (χ4n) is 1.16. The van der Waals surface area contributed by atoms with Crippen LogP contribution in [0, 0.1) is 6.92 Å². The van der Waals surface area contributed by atoms with Crippen LogP contribution >= 0.6 is 10.7 Å². The standard InChI is InChI=1S/C10H13ClO3S/c1-7(2)14-10-5-4-9(6-8(10)3)15(11,12)13/h4-7H,1-3H3. The molecule has 1 aromatic carbocycles. The van der Waals surface area contributed by atoms with Crippen molar-refractivity contribution in [3.63, 3.8) is 0 Å². The molecule has 3 nitrogen and oxygen atoms in total. The van der Waals surface area contributed by atoms with Gasteiger partial charge in [-0.15, -0.1) is 0 Å². The van der Waals surface area contributed by atoms with Gasteiger partial charge in [0.2, 0.25) is 0 Å². The summed E-state index contributed by atoms with van der Waals surface area (Å²) >= 11 is 0. The van der Waals surface area contributed by atoms with Crippen LogP contribution in [0.2, 0.25) is 0 Å². The molecule has 0 N–H and O–H groups in total. The lowest BCUT2D eigenvalue weighted by molar-refractivity contribution is 0.240. The van der Waals surface area contributed by atoms with Gasteiger partial charge in [-0.3, -0.25) is 0 Å². The lowest BCUT2D eigenvalue weighted by atomic mass is 10.2. The Bertz CT molecular complexity index is 452. The second-order valence-electron chi connectivity index (χ2n) is 3.53. The Morgan fingerprint density at radius 1 is 1.33 bits per heavy atom. The van der Waals surface area contributed by atoms with E-state index in [0.29, 0.717) is 5.75 Å². The summed E-state index contributed by atoms with van der Waals surface area (Å²) in [5.74, 6) is 0.675. The fourth-order valence-corrected chi connectivity index (χ4v) is 2.00. The van der Waals surface area contributed by atoms with Gasteiger partial charge in [0.05, 0.1) is 11.0 Å². The summed E-state index contributed by atoms with van der Waals surface area (Å²) in [7, 11) is 1.57. The molecule has 0 spiro atoms. The Hall–Kier alpha value is -0.740. The molecule has 0 aliphatic carbocycles. The van der Waals surface area contributed by atoms with Crippen molar-refractivity contribution in [1.82, 2.24) is 0 Å². The largest absolute Gasteiger partial charge is 0.491 e. The van der Waals surface area contributed by atoms with E-state index in [9.17, 15) is 8.42 Å². The summed E-state index contributed by atoms with van der Waals surface area (Å²) in [5.41, 5.74) is 0.755. The quantitative estimate of drug-likeness (QED) is 0.773. The molecule has 1 aromatic rings. The highest BCUT2D eigenvalue weighted by molar-refractivity contribution is 8.13. The number of halogens is 1. The van der Waals surface area contributed by atoms with Crippen molar-refractivity contribution in [3.8, 4) is 5.75 Å². The second kappa shape index (κ2) is 4.41. The first-order chi connectivity index (χ1) is 6.80. The van der Waals surface area contributed by atoms with Crippen LogP contribution in [-0.4, -0.2) is 14.5 Å². The Balaban J connectivity index is 3.09. The lowest BCUT2D eigenvalue weighted by Gasteiger charge is -2.12. The summed E-state index contributed by atoms with van der Waals surface area (Å²) in [5, 5.41) is 0. The molecule has 0 radical (unpaired) electrons. The van der Waals surface area contributed by atoms with Crippen LogP contribution in [0.4, 0.5) is 0 Å². The van der Waals surface area contributed by atoms with Crippen molar-refractivity contribution in [3.05, 3.63) is 23.8 Å². The summed E-state index contributed by atoms with van der Waals surface area (Å²) < 4.78 is 27.6. The molecule has 0 saturated heterocycles. The highest BCUT2D eigenvalue weighted by Gasteiger charge is 2.12. The van der Waals surface area contributed by atoms with E-state index in [2.05, 4.69) is 0 Å². The van der Waals surface area contributed by atoms with Gasteiger partial charge in [-0.1, -0.05) is 0 Å². The zero-order valence-electron chi connectivity index (χ0n) is 8.82. The van der Waals surface area contributed by atoms with E-state index in [1.54, 1.807) is 13.0 Å². The number of benzene rings is 1. The molecule has 0 aromatic heterocycles. The topological polar surface area (TPSA) is 43.4 Å². The highest BCUT2D eigenvalue weighted by Crippen LogP contribution is 2.24. The first-order valence-corrected chi connectivity index (χ1v) is 6.83. The van der Waals surface area contributed by atoms with E-state index in [-0.39, 0.29) is 11.0 Å². The molecule has 0 heterocycles. The number of hydrogen-bond acceptors (Lipinski definition) is 3. The van der Waals surface area contributed by atoms with Gasteiger partial charge in [-0.2, -0.15) is 0 Å². The third-order valence-corrected chi connectivity index (χ3v) is 3.14. The number of rotatable bonds is 3. The van der Waals surface area contributed by atoms with Crippen LogP contribution in [0.1, 0.15) is 19.4 Å². The summed E-state index contributed by atoms with van der Waals surface area (Å²) in [6, 6.07) is 4.55. The molecular weight excluding hydrogens is 236 g/mol. The van der Waals surface area contributed by atoms with E-state index in [1.807, 2.05) is 13.8 Å². The predicted molar refractivity (Wildman–Crippen MR) is 60.0 cm³/mol. The van der Waals surface area contributed by atoms with Crippen molar-refractivity contribution in [2.45, 2.75) is 31.8 Å². The minimum atomic E-state index is -3.65. The highest BCUT2D eigenvalue weighted by atomic mass is 35.7. The number of aryl methyl sites for hydroxylation is 1. The summed E-state index contributed by atoms with van der Waals surface area (Å²) in [6.45, 7) is 5.60. The van der Waals surface area contributed by atoms with E-state index < -0.39 is 9.05 Å². The average molecular weight is 249 g/mol. The molecular formula is C10H13ClO3S. The number of ether oxygens (including phenoxy) is 1. The van der Waals surface area contributed by atoms with E-state index in [0.717, 1.165) is 5.56 Å². The molecule has 0 atom stereocenters. The van der Waals surface area contributed by atoms with Crippen molar-refractivity contribution >= 4 is 19.7 Å². The Morgan fingerprint density at radius 3 is 2.33 bits per heavy atom. The van der Waals surface area contributed by atoms with Gasteiger partial charge in [0.15, 0.2) is 0 Å². The van der Waals surface area contributed by atoms with Gasteiger partial charge in [0.1, 0.15) is 5.75 Å². The third kappa shape index (κ3) is 3.39. The van der Waals surface area contributed by atoms with Gasteiger partial charge >= 0.3 is 0 Å². The molecule has 0 saturated carbocycles. The second-order valence-corrected chi connectivity index (χ2v) is 6.10. The molecule has 84 valence electrons. The van der Waals surface area contributed by atoms with E-state index >= 15 is 0 Å². The van der Waals surface area contributed by atoms with Crippen molar-refractivity contribution in [1.29, 1.82) is 0 Å². The Labute approximate surface area is 94.4 Å². The maximum absolute atomic E-state index is 11.0. The third-order valence-electron chi connectivity index (χ3n) is 1.79. The maximum Gasteiger partial charge on any atom is 0.261 e. The lowest BCUT2D eigenvalue weighted by Crippen LogP contribution is -2.06. The zero-order chi connectivity index (χ0) is 11.6. The molecule has 0 aliphatic heterocycles. The van der Waals surface area contributed by atoms with Crippen LogP contribution in [0.25, 0.3) is 0 Å². The van der Waals surface area contributed by atoms with Gasteiger partial charge in [-0.05, 0) is 44.5 Å². The zero-order valence-corrected chi connectivity index (χ0v) is 10.4. The predicted octanol–water partition coefficient (Wildman–Crippen LogP) is 2.71. The monoisotopic (exact) mass is 248 g/mol. The van der Waals surface area contributed by atoms with Crippen LogP contribution in [-0.2, 0) is 9.05 Å². The van der Waals surface area contributed by atoms with Gasteiger partial charge in [-0.25, -0.2) is 8.42 Å². The Kier molecular flexibility index (Phi) is 3.62. The van der Waals surface area contributed by atoms with Gasteiger partial charge in [0, 0.05) is 10.7 Å². The average Bonchev–Trinajstić information content (AvgIpc) is 2.05. The van der Waals surface area contributed by atoms with Crippen molar-refractivity contribution in [2.75, 3.05) is 0 Å². The van der Waals surface area contributed by atoms with Crippen LogP contribution in [0.15, 0.2) is 23.1 Å². The fraction of sp³-hybridized carbons (Fsp3) is 0.400. The minimum absolute atomic E-state index is 0.0576. The Morgan fingerprint density at radius 2 is 1.93 bits per heavy atom. The smallest absolute Gasteiger partial charge is 0.261 e. The molecule has 0 amide bonds. The molecule has 0 aliphatic rings. The molecule has 1 rings (SSSR count). The van der Waals surface area contributed by atoms with Gasteiger partial charge < -0.3 is 4.74 Å². The molecule has 0 unspecified atom stereocenters. The van der Waals surface area contributed by atoms with Crippen molar-refractivity contribution in [2.24, 2.45) is 0 Å². The SMILES string of the molecule is Cc1cc(S(=O)(=O)Cl)ccc1OC(C)C. The first-order valence-electron chi connectivity index (χ1n) is 4.52. The first kappa shape index (κ1) is 12.3. The molecule has 5 heteroatoms. The van der Waals surface area contributed by atoms with Crippen LogP contribution < -0.4 is 4.74 Å². The van der Waals surface area contributed by atoms with Crippen molar-refractivity contribution < 1.29 is 13.2 Å². The van der Waals surface area contributed by atoms with Gasteiger partial charge in [0.25, 0.3) is 9.05 Å². The molecule has 0 bridgehead atoms. The number of hydrogen-bond donors (Lipinski definition) is 0. The molecule has 0 fully saturated rings. The summed E-state index contributed by atoms with van der Waals surface area (Å²) in [6.07, 6.45) is 0.0576. The normalized spacial score (nSPS) is 11.8.